The predicted octanol–water partition coefficient (Wildman–Crippen LogP) is 3.90. The minimum Gasteiger partial charge on any atom is -0.354 e. The molecule has 0 saturated carbocycles. The van der Waals surface area contributed by atoms with E-state index in [1.165, 1.54) is 5.56 Å². The number of fused-ring (bicyclic) bond motifs is 1. The highest BCUT2D eigenvalue weighted by Gasteiger charge is 2.38. The first-order chi connectivity index (χ1) is 15.6. The fourth-order valence-corrected chi connectivity index (χ4v) is 4.22. The summed E-state index contributed by atoms with van der Waals surface area (Å²) in [7, 11) is 2.09. The molecule has 1 atom stereocenters. The molecular formula is C27H29N3O2. The van der Waals surface area contributed by atoms with Gasteiger partial charge in [0.15, 0.2) is 0 Å². The van der Waals surface area contributed by atoms with Crippen molar-refractivity contribution in [2.45, 2.75) is 25.4 Å². The lowest BCUT2D eigenvalue weighted by Crippen LogP contribution is -2.48. The zero-order valence-corrected chi connectivity index (χ0v) is 18.4. The molecule has 2 amide bonds. The van der Waals surface area contributed by atoms with Gasteiger partial charge in [0.25, 0.3) is 5.91 Å². The minimum atomic E-state index is -0.526. The lowest BCUT2D eigenvalue weighted by atomic mass is 10.1. The van der Waals surface area contributed by atoms with Gasteiger partial charge in [-0.25, -0.2) is 0 Å². The first-order valence-electron chi connectivity index (χ1n) is 11.1. The van der Waals surface area contributed by atoms with Crippen LogP contribution in [0.4, 0.5) is 5.69 Å². The van der Waals surface area contributed by atoms with Crippen LogP contribution in [0, 0.1) is 0 Å². The Kier molecular flexibility index (Phi) is 6.97. The van der Waals surface area contributed by atoms with Crippen LogP contribution in [0.2, 0.25) is 0 Å². The van der Waals surface area contributed by atoms with Crippen molar-refractivity contribution in [3.63, 3.8) is 0 Å². The molecule has 0 radical (unpaired) electrons. The second-order valence-corrected chi connectivity index (χ2v) is 8.26. The molecule has 4 rings (SSSR count). The number of hydrogen-bond acceptors (Lipinski definition) is 3. The van der Waals surface area contributed by atoms with Gasteiger partial charge in [-0.1, -0.05) is 66.7 Å². The van der Waals surface area contributed by atoms with Crippen LogP contribution in [0.3, 0.4) is 0 Å². The van der Waals surface area contributed by atoms with E-state index in [4.69, 9.17) is 0 Å². The van der Waals surface area contributed by atoms with E-state index in [0.29, 0.717) is 18.5 Å². The summed E-state index contributed by atoms with van der Waals surface area (Å²) in [6.07, 6.45) is 1.38. The third kappa shape index (κ3) is 5.06. The number of rotatable bonds is 8. The summed E-state index contributed by atoms with van der Waals surface area (Å²) >= 11 is 0. The molecule has 1 heterocycles. The number of anilines is 1. The molecule has 0 spiro atoms. The summed E-state index contributed by atoms with van der Waals surface area (Å²) in [5, 5.41) is 3.06. The Balaban J connectivity index is 1.35. The molecule has 1 unspecified atom stereocenters. The lowest BCUT2D eigenvalue weighted by molar-refractivity contribution is -0.122. The van der Waals surface area contributed by atoms with E-state index in [2.05, 4.69) is 29.4 Å². The van der Waals surface area contributed by atoms with Crippen LogP contribution < -0.4 is 10.2 Å². The van der Waals surface area contributed by atoms with Crippen molar-refractivity contribution < 1.29 is 9.59 Å². The highest BCUT2D eigenvalue weighted by atomic mass is 16.2. The van der Waals surface area contributed by atoms with E-state index in [9.17, 15) is 9.59 Å². The van der Waals surface area contributed by atoms with Gasteiger partial charge in [0.1, 0.15) is 6.04 Å². The van der Waals surface area contributed by atoms with Gasteiger partial charge < -0.3 is 10.2 Å². The number of amides is 2. The SMILES string of the molecule is CN(CCCNC(=O)C1Cc2ccccc2N1C(=O)c1ccccc1)Cc1ccccc1. The molecule has 0 bridgehead atoms. The molecule has 0 fully saturated rings. The topological polar surface area (TPSA) is 52.7 Å². The number of para-hydroxylation sites is 1. The van der Waals surface area contributed by atoms with E-state index >= 15 is 0 Å². The zero-order chi connectivity index (χ0) is 22.3. The van der Waals surface area contributed by atoms with Crippen molar-refractivity contribution >= 4 is 17.5 Å². The fraction of sp³-hybridized carbons (Fsp3) is 0.259. The van der Waals surface area contributed by atoms with Gasteiger partial charge >= 0.3 is 0 Å². The number of benzene rings is 3. The van der Waals surface area contributed by atoms with Gasteiger partial charge in [-0.15, -0.1) is 0 Å². The van der Waals surface area contributed by atoms with Crippen molar-refractivity contribution in [3.8, 4) is 0 Å². The van der Waals surface area contributed by atoms with Crippen LogP contribution in [-0.2, 0) is 17.8 Å². The summed E-state index contributed by atoms with van der Waals surface area (Å²) in [5.41, 5.74) is 3.71. The van der Waals surface area contributed by atoms with Crippen LogP contribution in [-0.4, -0.2) is 42.9 Å². The van der Waals surface area contributed by atoms with Crippen LogP contribution >= 0.6 is 0 Å². The van der Waals surface area contributed by atoms with Crippen molar-refractivity contribution in [1.82, 2.24) is 10.2 Å². The van der Waals surface area contributed by atoms with Crippen molar-refractivity contribution in [2.75, 3.05) is 25.0 Å². The van der Waals surface area contributed by atoms with E-state index in [1.54, 1.807) is 17.0 Å². The fourth-order valence-electron chi connectivity index (χ4n) is 4.22. The normalized spacial score (nSPS) is 14.9. The second-order valence-electron chi connectivity index (χ2n) is 8.26. The van der Waals surface area contributed by atoms with Gasteiger partial charge in [-0.3, -0.25) is 14.5 Å². The summed E-state index contributed by atoms with van der Waals surface area (Å²) in [4.78, 5) is 30.2. The minimum absolute atomic E-state index is 0.101. The number of nitrogens with one attached hydrogen (secondary N) is 1. The summed E-state index contributed by atoms with van der Waals surface area (Å²) < 4.78 is 0. The zero-order valence-electron chi connectivity index (χ0n) is 18.4. The summed E-state index contributed by atoms with van der Waals surface area (Å²) in [6.45, 7) is 2.34. The standard InChI is InChI=1S/C27H29N3O2/c1-29(20-21-11-4-2-5-12-21)18-10-17-28-26(31)25-19-23-15-8-9-16-24(23)30(25)27(32)22-13-6-3-7-14-22/h2-9,11-16,25H,10,17-20H2,1H3,(H,28,31). The van der Waals surface area contributed by atoms with E-state index in [1.807, 2.05) is 60.7 Å². The molecule has 32 heavy (non-hydrogen) atoms. The maximum atomic E-state index is 13.3. The molecular weight excluding hydrogens is 398 g/mol. The van der Waals surface area contributed by atoms with Gasteiger partial charge in [-0.2, -0.15) is 0 Å². The summed E-state index contributed by atoms with van der Waals surface area (Å²) in [5.74, 6) is -0.241. The molecule has 164 valence electrons. The number of carbonyl (C=O) groups excluding carboxylic acids is 2. The first kappa shape index (κ1) is 21.8. The second kappa shape index (κ2) is 10.2. The van der Waals surface area contributed by atoms with Crippen LogP contribution in [0.5, 0.6) is 0 Å². The predicted molar refractivity (Wildman–Crippen MR) is 128 cm³/mol. The Morgan fingerprint density at radius 1 is 0.938 bits per heavy atom. The monoisotopic (exact) mass is 427 g/mol. The Morgan fingerprint density at radius 2 is 1.59 bits per heavy atom. The maximum absolute atomic E-state index is 13.3. The van der Waals surface area contributed by atoms with E-state index in [-0.39, 0.29) is 11.8 Å². The van der Waals surface area contributed by atoms with E-state index in [0.717, 1.165) is 30.8 Å². The highest BCUT2D eigenvalue weighted by molar-refractivity contribution is 6.11. The molecule has 5 heteroatoms. The largest absolute Gasteiger partial charge is 0.354 e. The van der Waals surface area contributed by atoms with E-state index < -0.39 is 6.04 Å². The number of carbonyl (C=O) groups is 2. The summed E-state index contributed by atoms with van der Waals surface area (Å²) in [6, 6.07) is 26.8. The number of hydrogen-bond donors (Lipinski definition) is 1. The number of nitrogens with zero attached hydrogens (tertiary/aromatic N) is 2. The van der Waals surface area contributed by atoms with Crippen LogP contribution in [0.25, 0.3) is 0 Å². The Hall–Kier alpha value is -3.44. The van der Waals surface area contributed by atoms with Gasteiger partial charge in [-0.05, 0) is 49.3 Å². The molecule has 3 aromatic rings. The molecule has 3 aromatic carbocycles. The molecule has 1 aliphatic heterocycles. The van der Waals surface area contributed by atoms with Crippen molar-refractivity contribution in [1.29, 1.82) is 0 Å². The highest BCUT2D eigenvalue weighted by Crippen LogP contribution is 2.33. The third-order valence-corrected chi connectivity index (χ3v) is 5.83. The molecule has 0 saturated heterocycles. The first-order valence-corrected chi connectivity index (χ1v) is 11.1. The smallest absolute Gasteiger partial charge is 0.259 e. The third-order valence-electron chi connectivity index (χ3n) is 5.83. The average molecular weight is 428 g/mol. The van der Waals surface area contributed by atoms with Crippen molar-refractivity contribution in [2.24, 2.45) is 0 Å². The average Bonchev–Trinajstić information content (AvgIpc) is 3.22. The van der Waals surface area contributed by atoms with Crippen LogP contribution in [0.15, 0.2) is 84.9 Å². The van der Waals surface area contributed by atoms with Gasteiger partial charge in [0.2, 0.25) is 5.91 Å². The van der Waals surface area contributed by atoms with Gasteiger partial charge in [0.05, 0.1) is 0 Å². The Morgan fingerprint density at radius 3 is 2.34 bits per heavy atom. The quantitative estimate of drug-likeness (QED) is 0.555. The molecule has 0 aromatic heterocycles. The molecule has 0 aliphatic carbocycles. The van der Waals surface area contributed by atoms with Crippen LogP contribution in [0.1, 0.15) is 27.9 Å². The maximum Gasteiger partial charge on any atom is 0.259 e. The molecule has 1 N–H and O–H groups in total. The molecule has 5 nitrogen and oxygen atoms in total. The Bertz CT molecular complexity index is 1050. The molecule has 1 aliphatic rings. The van der Waals surface area contributed by atoms with Gasteiger partial charge in [0, 0.05) is 30.8 Å². The lowest BCUT2D eigenvalue weighted by Gasteiger charge is -2.25. The van der Waals surface area contributed by atoms with Crippen molar-refractivity contribution in [3.05, 3.63) is 102 Å². The Labute approximate surface area is 189 Å².